The maximum atomic E-state index is 2.70. The number of rotatable bonds is 5. The van der Waals surface area contributed by atoms with Crippen molar-refractivity contribution in [2.45, 2.75) is 26.2 Å². The second kappa shape index (κ2) is 15.8. The number of hydrogen-bond donors (Lipinski definition) is 0. The van der Waals surface area contributed by atoms with Crippen molar-refractivity contribution in [3.05, 3.63) is 242 Å². The average Bonchev–Trinajstić information content (AvgIpc) is 4.14. The van der Waals surface area contributed by atoms with Crippen LogP contribution in [0.2, 0.25) is 0 Å². The number of nitrogens with zero attached hydrogens (tertiary/aromatic N) is 3. The first kappa shape index (κ1) is 42.6. The van der Waals surface area contributed by atoms with Crippen molar-refractivity contribution >= 4 is 115 Å². The van der Waals surface area contributed by atoms with Crippen molar-refractivity contribution in [3.63, 3.8) is 0 Å². The van der Waals surface area contributed by atoms with Gasteiger partial charge in [0.05, 0.1) is 22.2 Å². The zero-order valence-corrected chi connectivity index (χ0v) is 42.7. The van der Waals surface area contributed by atoms with Gasteiger partial charge in [-0.15, -0.1) is 11.3 Å². The van der Waals surface area contributed by atoms with Crippen molar-refractivity contribution in [3.8, 4) is 44.8 Å². The van der Waals surface area contributed by atoms with E-state index in [2.05, 4.69) is 271 Å². The molecule has 0 aliphatic carbocycles. The smallest absolute Gasteiger partial charge is 0.252 e. The number of anilines is 3. The zero-order valence-electron chi connectivity index (χ0n) is 41.8. The number of hydrogen-bond acceptors (Lipinski definition) is 2. The predicted molar refractivity (Wildman–Crippen MR) is 322 cm³/mol. The van der Waals surface area contributed by atoms with E-state index < -0.39 is 0 Å². The Hall–Kier alpha value is -8.90. The molecular weight excluding hydrogens is 926 g/mol. The molecule has 352 valence electrons. The first-order valence-corrected chi connectivity index (χ1v) is 27.0. The Bertz CT molecular complexity index is 4620. The molecule has 0 saturated carbocycles. The highest BCUT2D eigenvalue weighted by Crippen LogP contribution is 2.52. The van der Waals surface area contributed by atoms with Crippen LogP contribution in [0.15, 0.2) is 237 Å². The molecule has 2 aliphatic heterocycles. The van der Waals surface area contributed by atoms with Crippen LogP contribution in [0.3, 0.4) is 0 Å². The van der Waals surface area contributed by atoms with Gasteiger partial charge in [0.1, 0.15) is 0 Å². The first-order valence-electron chi connectivity index (χ1n) is 26.2. The maximum absolute atomic E-state index is 2.70. The number of aromatic nitrogens is 2. The Balaban J connectivity index is 1.10. The Kier molecular flexibility index (Phi) is 8.98. The Morgan fingerprint density at radius 1 is 0.373 bits per heavy atom. The summed E-state index contributed by atoms with van der Waals surface area (Å²) < 4.78 is 7.72. The third-order valence-corrected chi connectivity index (χ3v) is 17.5. The molecule has 2 aliphatic rings. The van der Waals surface area contributed by atoms with Crippen LogP contribution in [0.5, 0.6) is 0 Å². The molecule has 16 rings (SSSR count). The van der Waals surface area contributed by atoms with E-state index in [1.54, 1.807) is 0 Å². The van der Waals surface area contributed by atoms with E-state index in [9.17, 15) is 0 Å². The Morgan fingerprint density at radius 2 is 0.947 bits per heavy atom. The van der Waals surface area contributed by atoms with Crippen LogP contribution in [0.1, 0.15) is 26.3 Å². The fourth-order valence-electron chi connectivity index (χ4n) is 13.0. The van der Waals surface area contributed by atoms with Crippen molar-refractivity contribution in [1.29, 1.82) is 0 Å². The Labute approximate surface area is 439 Å². The van der Waals surface area contributed by atoms with Gasteiger partial charge in [0.25, 0.3) is 6.71 Å². The van der Waals surface area contributed by atoms with E-state index in [4.69, 9.17) is 0 Å². The third kappa shape index (κ3) is 6.16. The zero-order chi connectivity index (χ0) is 49.7. The van der Waals surface area contributed by atoms with Crippen LogP contribution in [0.4, 0.5) is 17.1 Å². The van der Waals surface area contributed by atoms with Crippen LogP contribution >= 0.6 is 11.3 Å². The van der Waals surface area contributed by atoms with E-state index in [1.165, 1.54) is 142 Å². The SMILES string of the molecule is CC(C)(C)c1cc(-c2ccccc2)c(N2c3cc4c(cc3B3c5c2cc(-c2ccccc2)cc5-n2c5cc6c7ccccc7n(-c7ccccc7)c6cc5c5cccc3c52)sc2ccccc24)c(-c2ccccc2)c1. The Morgan fingerprint density at radius 3 is 1.64 bits per heavy atom. The van der Waals surface area contributed by atoms with Gasteiger partial charge in [0.2, 0.25) is 0 Å². The van der Waals surface area contributed by atoms with E-state index in [-0.39, 0.29) is 12.1 Å². The van der Waals surface area contributed by atoms with Crippen LogP contribution in [-0.2, 0) is 5.41 Å². The van der Waals surface area contributed by atoms with Crippen molar-refractivity contribution in [2.24, 2.45) is 0 Å². The summed E-state index contributed by atoms with van der Waals surface area (Å²) in [4.78, 5) is 2.70. The lowest BCUT2D eigenvalue weighted by molar-refractivity contribution is 0.591. The summed E-state index contributed by atoms with van der Waals surface area (Å²) in [6.45, 7) is 6.98. The fourth-order valence-corrected chi connectivity index (χ4v) is 14.1. The largest absolute Gasteiger partial charge is 0.310 e. The van der Waals surface area contributed by atoms with Crippen LogP contribution in [0.25, 0.3) is 109 Å². The first-order chi connectivity index (χ1) is 36.9. The molecule has 0 atom stereocenters. The maximum Gasteiger partial charge on any atom is 0.252 e. The molecule has 11 aromatic carbocycles. The molecule has 3 nitrogen and oxygen atoms in total. The highest BCUT2D eigenvalue weighted by atomic mass is 32.1. The minimum Gasteiger partial charge on any atom is -0.310 e. The van der Waals surface area contributed by atoms with Gasteiger partial charge in [-0.1, -0.05) is 185 Å². The summed E-state index contributed by atoms with van der Waals surface area (Å²) in [6.07, 6.45) is 0. The summed E-state index contributed by atoms with van der Waals surface area (Å²) in [5, 5.41) is 7.61. The molecule has 5 heteroatoms. The minimum absolute atomic E-state index is 0.0520. The van der Waals surface area contributed by atoms with Gasteiger partial charge >= 0.3 is 0 Å². The van der Waals surface area contributed by atoms with Crippen LogP contribution in [-0.4, -0.2) is 15.8 Å². The quantitative estimate of drug-likeness (QED) is 0.157. The fraction of sp³-hybridized carbons (Fsp3) is 0.0571. The van der Waals surface area contributed by atoms with Gasteiger partial charge in [-0.25, -0.2) is 0 Å². The van der Waals surface area contributed by atoms with Crippen LogP contribution in [0, 0.1) is 0 Å². The minimum atomic E-state index is -0.117. The van der Waals surface area contributed by atoms with Crippen molar-refractivity contribution < 1.29 is 0 Å². The molecular formula is C70H48BN3S. The lowest BCUT2D eigenvalue weighted by atomic mass is 9.33. The summed E-state index contributed by atoms with van der Waals surface area (Å²) in [6, 6.07) is 89.3. The summed E-state index contributed by atoms with van der Waals surface area (Å²) in [5.41, 5.74) is 23.2. The second-order valence-electron chi connectivity index (χ2n) is 21.6. The molecule has 0 bridgehead atoms. The molecule has 75 heavy (non-hydrogen) atoms. The second-order valence-corrected chi connectivity index (χ2v) is 22.7. The number of thiophene rings is 1. The third-order valence-electron chi connectivity index (χ3n) is 16.4. The average molecular weight is 974 g/mol. The van der Waals surface area contributed by atoms with E-state index in [0.29, 0.717) is 0 Å². The van der Waals surface area contributed by atoms with E-state index >= 15 is 0 Å². The molecule has 0 N–H and O–H groups in total. The molecule has 0 amide bonds. The van der Waals surface area contributed by atoms with Gasteiger partial charge < -0.3 is 14.0 Å². The van der Waals surface area contributed by atoms with Crippen molar-refractivity contribution in [2.75, 3.05) is 4.90 Å². The molecule has 14 aromatic rings. The van der Waals surface area contributed by atoms with E-state index in [1.807, 2.05) is 11.3 Å². The number of benzene rings is 11. The standard InChI is InChI=1S/C70H48BN3S/c1-70(2,3)47-37-52(44-23-10-5-11-24-44)68(53(38-47)45-25-12-6-13-26-45)74-62-41-56-50-30-17-19-34-65(50)75-66(56)42-58(62)71-57-32-20-31-51-55-40-60-54(49-29-16-18-33-59(49)72(60)48-27-14-7-15-28-48)39-61(55)73(69(51)57)63-35-46(36-64(74)67(63)71)43-21-8-4-9-22-43/h4-42H,1-3H3. The number of para-hydroxylation sites is 3. The lowest BCUT2D eigenvalue weighted by Crippen LogP contribution is -2.60. The van der Waals surface area contributed by atoms with Gasteiger partial charge in [0.15, 0.2) is 0 Å². The topological polar surface area (TPSA) is 13.1 Å². The molecule has 0 saturated heterocycles. The molecule has 0 unspecified atom stereocenters. The summed E-state index contributed by atoms with van der Waals surface area (Å²) in [7, 11) is 0. The summed E-state index contributed by atoms with van der Waals surface area (Å²) >= 11 is 1.91. The van der Waals surface area contributed by atoms with Crippen molar-refractivity contribution in [1.82, 2.24) is 9.13 Å². The summed E-state index contributed by atoms with van der Waals surface area (Å²) in [5.74, 6) is 0. The van der Waals surface area contributed by atoms with E-state index in [0.717, 1.165) is 5.69 Å². The van der Waals surface area contributed by atoms with Gasteiger partial charge in [-0.3, -0.25) is 0 Å². The molecule has 3 aromatic heterocycles. The van der Waals surface area contributed by atoms with Gasteiger partial charge in [0, 0.05) is 81.1 Å². The monoisotopic (exact) mass is 973 g/mol. The van der Waals surface area contributed by atoms with Gasteiger partial charge in [-0.05, 0) is 122 Å². The van der Waals surface area contributed by atoms with Gasteiger partial charge in [-0.2, -0.15) is 0 Å². The highest BCUT2D eigenvalue weighted by molar-refractivity contribution is 7.26. The molecule has 5 heterocycles. The lowest BCUT2D eigenvalue weighted by Gasteiger charge is -2.42. The normalized spacial score (nSPS) is 12.9. The molecule has 0 spiro atoms. The van der Waals surface area contributed by atoms with Crippen LogP contribution < -0.4 is 21.3 Å². The predicted octanol–water partition coefficient (Wildman–Crippen LogP) is 17.2. The molecule has 0 fully saturated rings. The number of fused-ring (bicyclic) bond motifs is 13. The highest BCUT2D eigenvalue weighted by Gasteiger charge is 2.44. The molecule has 0 radical (unpaired) electrons.